The third-order valence-corrected chi connectivity index (χ3v) is 4.59. The molecule has 1 aromatic carbocycles. The topological polar surface area (TPSA) is 55.6 Å². The average molecular weight is 358 g/mol. The maximum absolute atomic E-state index is 12.7. The van der Waals surface area contributed by atoms with Gasteiger partial charge in [0, 0.05) is 25.0 Å². The molecule has 1 fully saturated rings. The maximum Gasteiger partial charge on any atom is 0.416 e. The van der Waals surface area contributed by atoms with Crippen molar-refractivity contribution in [3.63, 3.8) is 0 Å². The molecule has 1 aliphatic heterocycles. The normalized spacial score (nSPS) is 18.1. The standard InChI is InChI=1S/C18H25F3N2O2/c1-16(2,3)25-15(24)23-10-8-17(12-22,9-11-23)13-4-6-14(7-5-13)18(19,20)21/h4-7H,8-12,22H2,1-3H3. The van der Waals surface area contributed by atoms with Crippen molar-refractivity contribution < 1.29 is 22.7 Å². The van der Waals surface area contributed by atoms with Crippen LogP contribution in [-0.4, -0.2) is 36.2 Å². The molecule has 0 spiro atoms. The summed E-state index contributed by atoms with van der Waals surface area (Å²) in [6.45, 7) is 6.67. The van der Waals surface area contributed by atoms with E-state index in [0.29, 0.717) is 32.5 Å². The number of carbonyl (C=O) groups is 1. The number of halogens is 3. The molecule has 1 aliphatic rings. The number of likely N-dealkylation sites (tertiary alicyclic amines) is 1. The molecule has 140 valence electrons. The molecule has 25 heavy (non-hydrogen) atoms. The first-order valence-corrected chi connectivity index (χ1v) is 8.33. The van der Waals surface area contributed by atoms with Crippen LogP contribution in [-0.2, 0) is 16.3 Å². The van der Waals surface area contributed by atoms with Crippen LogP contribution in [0.15, 0.2) is 24.3 Å². The van der Waals surface area contributed by atoms with Crippen molar-refractivity contribution in [3.8, 4) is 0 Å². The molecule has 0 bridgehead atoms. The minimum atomic E-state index is -4.35. The minimum Gasteiger partial charge on any atom is -0.444 e. The van der Waals surface area contributed by atoms with E-state index >= 15 is 0 Å². The van der Waals surface area contributed by atoms with Gasteiger partial charge in [0.05, 0.1) is 5.56 Å². The van der Waals surface area contributed by atoms with Gasteiger partial charge in [-0.2, -0.15) is 13.2 Å². The van der Waals surface area contributed by atoms with Gasteiger partial charge in [0.1, 0.15) is 5.60 Å². The Morgan fingerprint density at radius 2 is 1.68 bits per heavy atom. The first kappa shape index (κ1) is 19.6. The van der Waals surface area contributed by atoms with Crippen LogP contribution in [0.25, 0.3) is 0 Å². The highest BCUT2D eigenvalue weighted by atomic mass is 19.4. The van der Waals surface area contributed by atoms with Gasteiger partial charge in [-0.25, -0.2) is 4.79 Å². The number of piperidine rings is 1. The Kier molecular flexibility index (Phi) is 5.37. The third-order valence-electron chi connectivity index (χ3n) is 4.59. The summed E-state index contributed by atoms with van der Waals surface area (Å²) in [6.07, 6.45) is -3.54. The molecule has 2 rings (SSSR count). The van der Waals surface area contributed by atoms with E-state index in [1.54, 1.807) is 25.7 Å². The van der Waals surface area contributed by atoms with Crippen molar-refractivity contribution in [1.29, 1.82) is 0 Å². The molecular formula is C18H25F3N2O2. The predicted molar refractivity (Wildman–Crippen MR) is 89.2 cm³/mol. The second kappa shape index (κ2) is 6.86. The molecule has 0 unspecified atom stereocenters. The quantitative estimate of drug-likeness (QED) is 0.871. The van der Waals surface area contributed by atoms with Gasteiger partial charge in [0.25, 0.3) is 0 Å². The molecule has 7 heteroatoms. The lowest BCUT2D eigenvalue weighted by Gasteiger charge is -2.41. The Bertz CT molecular complexity index is 598. The van der Waals surface area contributed by atoms with Crippen molar-refractivity contribution in [3.05, 3.63) is 35.4 Å². The van der Waals surface area contributed by atoms with Crippen LogP contribution in [0.1, 0.15) is 44.7 Å². The smallest absolute Gasteiger partial charge is 0.416 e. The molecule has 4 nitrogen and oxygen atoms in total. The Morgan fingerprint density at radius 1 is 1.16 bits per heavy atom. The van der Waals surface area contributed by atoms with E-state index in [2.05, 4.69) is 0 Å². The number of ether oxygens (including phenoxy) is 1. The number of nitrogens with two attached hydrogens (primary N) is 1. The fraction of sp³-hybridized carbons (Fsp3) is 0.611. The van der Waals surface area contributed by atoms with Crippen LogP contribution < -0.4 is 5.73 Å². The monoisotopic (exact) mass is 358 g/mol. The van der Waals surface area contributed by atoms with Gasteiger partial charge in [-0.3, -0.25) is 0 Å². The third kappa shape index (κ3) is 4.66. The van der Waals surface area contributed by atoms with E-state index in [0.717, 1.165) is 17.7 Å². The van der Waals surface area contributed by atoms with E-state index < -0.39 is 22.8 Å². The molecule has 0 atom stereocenters. The van der Waals surface area contributed by atoms with Gasteiger partial charge in [-0.1, -0.05) is 12.1 Å². The highest BCUT2D eigenvalue weighted by Gasteiger charge is 2.38. The van der Waals surface area contributed by atoms with E-state index in [4.69, 9.17) is 10.5 Å². The molecule has 0 aromatic heterocycles. The summed E-state index contributed by atoms with van der Waals surface area (Å²) in [7, 11) is 0. The van der Waals surface area contributed by atoms with Gasteiger partial charge in [0.15, 0.2) is 0 Å². The number of alkyl halides is 3. The lowest BCUT2D eigenvalue weighted by molar-refractivity contribution is -0.137. The summed E-state index contributed by atoms with van der Waals surface area (Å²) in [5, 5.41) is 0. The molecule has 1 aromatic rings. The highest BCUT2D eigenvalue weighted by molar-refractivity contribution is 5.68. The van der Waals surface area contributed by atoms with Crippen molar-refractivity contribution in [2.75, 3.05) is 19.6 Å². The van der Waals surface area contributed by atoms with Crippen LogP contribution in [0.3, 0.4) is 0 Å². The molecule has 0 radical (unpaired) electrons. The second-order valence-electron chi connectivity index (χ2n) is 7.53. The number of hydrogen-bond acceptors (Lipinski definition) is 3. The summed E-state index contributed by atoms with van der Waals surface area (Å²) in [5.41, 5.74) is 5.10. The van der Waals surface area contributed by atoms with Gasteiger partial charge < -0.3 is 15.4 Å². The molecule has 0 aliphatic carbocycles. The Morgan fingerprint density at radius 3 is 2.08 bits per heavy atom. The van der Waals surface area contributed by atoms with Crippen molar-refractivity contribution in [2.24, 2.45) is 5.73 Å². The van der Waals surface area contributed by atoms with Crippen LogP contribution in [0.4, 0.5) is 18.0 Å². The highest BCUT2D eigenvalue weighted by Crippen LogP contribution is 2.37. The summed E-state index contributed by atoms with van der Waals surface area (Å²) in [5.74, 6) is 0. The lowest BCUT2D eigenvalue weighted by Crippen LogP contribution is -2.49. The predicted octanol–water partition coefficient (Wildman–Crippen LogP) is 3.93. The van der Waals surface area contributed by atoms with Gasteiger partial charge in [0.2, 0.25) is 0 Å². The number of benzene rings is 1. The lowest BCUT2D eigenvalue weighted by atomic mass is 9.72. The van der Waals surface area contributed by atoms with E-state index in [-0.39, 0.29) is 6.09 Å². The Balaban J connectivity index is 2.10. The number of carbonyl (C=O) groups excluding carboxylic acids is 1. The molecule has 1 saturated heterocycles. The Labute approximate surface area is 146 Å². The first-order chi connectivity index (χ1) is 11.5. The summed E-state index contributed by atoms with van der Waals surface area (Å²) < 4.78 is 43.6. The largest absolute Gasteiger partial charge is 0.444 e. The molecule has 1 amide bonds. The number of nitrogens with zero attached hydrogens (tertiary/aromatic N) is 1. The van der Waals surface area contributed by atoms with Crippen LogP contribution in [0.2, 0.25) is 0 Å². The van der Waals surface area contributed by atoms with Crippen LogP contribution in [0, 0.1) is 0 Å². The van der Waals surface area contributed by atoms with E-state index in [1.165, 1.54) is 12.1 Å². The number of amides is 1. The summed E-state index contributed by atoms with van der Waals surface area (Å²) in [4.78, 5) is 13.8. The zero-order valence-corrected chi connectivity index (χ0v) is 14.8. The van der Waals surface area contributed by atoms with Crippen molar-refractivity contribution in [2.45, 2.75) is 50.8 Å². The fourth-order valence-electron chi connectivity index (χ4n) is 3.07. The zero-order valence-electron chi connectivity index (χ0n) is 14.8. The van der Waals surface area contributed by atoms with Crippen molar-refractivity contribution in [1.82, 2.24) is 4.90 Å². The van der Waals surface area contributed by atoms with Gasteiger partial charge >= 0.3 is 12.3 Å². The van der Waals surface area contributed by atoms with Crippen LogP contribution >= 0.6 is 0 Å². The molecule has 1 heterocycles. The average Bonchev–Trinajstić information content (AvgIpc) is 2.52. The minimum absolute atomic E-state index is 0.320. The SMILES string of the molecule is CC(C)(C)OC(=O)N1CCC(CN)(c2ccc(C(F)(F)F)cc2)CC1. The van der Waals surface area contributed by atoms with Gasteiger partial charge in [-0.15, -0.1) is 0 Å². The molecular weight excluding hydrogens is 333 g/mol. The Hall–Kier alpha value is -1.76. The number of hydrogen-bond donors (Lipinski definition) is 1. The summed E-state index contributed by atoms with van der Waals surface area (Å²) >= 11 is 0. The maximum atomic E-state index is 12.7. The first-order valence-electron chi connectivity index (χ1n) is 8.33. The fourth-order valence-corrected chi connectivity index (χ4v) is 3.07. The zero-order chi connectivity index (χ0) is 18.9. The second-order valence-corrected chi connectivity index (χ2v) is 7.53. The molecule has 2 N–H and O–H groups in total. The van der Waals surface area contributed by atoms with Crippen LogP contribution in [0.5, 0.6) is 0 Å². The van der Waals surface area contributed by atoms with E-state index in [9.17, 15) is 18.0 Å². The molecule has 0 saturated carbocycles. The summed E-state index contributed by atoms with van der Waals surface area (Å²) in [6, 6.07) is 5.18. The number of rotatable bonds is 2. The van der Waals surface area contributed by atoms with Gasteiger partial charge in [-0.05, 0) is 51.3 Å². The van der Waals surface area contributed by atoms with Crippen molar-refractivity contribution >= 4 is 6.09 Å². The van der Waals surface area contributed by atoms with E-state index in [1.807, 2.05) is 0 Å².